The Balaban J connectivity index is 1.86. The minimum absolute atomic E-state index is 0.0422. The van der Waals surface area contributed by atoms with Gasteiger partial charge < -0.3 is 20.2 Å². The number of amides is 2. The molecule has 2 fully saturated rings. The third-order valence-electron chi connectivity index (χ3n) is 4.04. The number of hydrogen-bond donors (Lipinski definition) is 2. The van der Waals surface area contributed by atoms with Crippen LogP contribution >= 0.6 is 0 Å². The summed E-state index contributed by atoms with van der Waals surface area (Å²) >= 11 is 0. The second-order valence-corrected chi connectivity index (χ2v) is 5.64. The van der Waals surface area contributed by atoms with E-state index < -0.39 is 6.04 Å². The van der Waals surface area contributed by atoms with Crippen LogP contribution in [0.1, 0.15) is 26.2 Å². The van der Waals surface area contributed by atoms with E-state index in [1.807, 2.05) is 11.8 Å². The number of nitrogens with zero attached hydrogens (tertiary/aromatic N) is 2. The fraction of sp³-hybridized carbons (Fsp3) is 0.857. The maximum Gasteiger partial charge on any atom is 0.240 e. The van der Waals surface area contributed by atoms with E-state index >= 15 is 0 Å². The predicted octanol–water partition coefficient (Wildman–Crippen LogP) is -0.572. The van der Waals surface area contributed by atoms with Crippen molar-refractivity contribution in [2.24, 2.45) is 5.92 Å². The minimum Gasteiger partial charge on any atom is -0.395 e. The van der Waals surface area contributed by atoms with Crippen LogP contribution in [0, 0.1) is 5.92 Å². The zero-order valence-corrected chi connectivity index (χ0v) is 12.2. The molecule has 1 saturated heterocycles. The van der Waals surface area contributed by atoms with Crippen molar-refractivity contribution in [3.63, 3.8) is 0 Å². The molecule has 2 aliphatic rings. The van der Waals surface area contributed by atoms with Crippen LogP contribution in [-0.4, -0.2) is 72.1 Å². The second-order valence-electron chi connectivity index (χ2n) is 5.64. The van der Waals surface area contributed by atoms with Gasteiger partial charge in [0.25, 0.3) is 0 Å². The number of piperazine rings is 1. The van der Waals surface area contributed by atoms with Crippen LogP contribution in [0.15, 0.2) is 0 Å². The Morgan fingerprint density at radius 2 is 2.25 bits per heavy atom. The van der Waals surface area contributed by atoms with E-state index in [2.05, 4.69) is 5.32 Å². The lowest BCUT2D eigenvalue weighted by molar-refractivity contribution is -0.141. The molecule has 6 heteroatoms. The van der Waals surface area contributed by atoms with E-state index in [1.54, 1.807) is 4.90 Å². The molecular formula is C14H25N3O3. The summed E-state index contributed by atoms with van der Waals surface area (Å²) in [5, 5.41) is 12.1. The van der Waals surface area contributed by atoms with Gasteiger partial charge in [-0.25, -0.2) is 0 Å². The first-order valence-electron chi connectivity index (χ1n) is 7.56. The van der Waals surface area contributed by atoms with E-state index in [9.17, 15) is 9.59 Å². The molecule has 1 unspecified atom stereocenters. The predicted molar refractivity (Wildman–Crippen MR) is 75.1 cm³/mol. The summed E-state index contributed by atoms with van der Waals surface area (Å²) in [5.74, 6) is 0.659. The quantitative estimate of drug-likeness (QED) is 0.656. The molecule has 0 bridgehead atoms. The number of hydrogen-bond acceptors (Lipinski definition) is 4. The number of aliphatic hydroxyl groups is 1. The van der Waals surface area contributed by atoms with Gasteiger partial charge in [0, 0.05) is 32.7 Å². The van der Waals surface area contributed by atoms with Crippen LogP contribution in [0.3, 0.4) is 0 Å². The van der Waals surface area contributed by atoms with Crippen molar-refractivity contribution in [1.82, 2.24) is 15.1 Å². The normalized spacial score (nSPS) is 23.0. The van der Waals surface area contributed by atoms with Crippen molar-refractivity contribution in [2.45, 2.75) is 32.2 Å². The molecule has 1 atom stereocenters. The van der Waals surface area contributed by atoms with Crippen LogP contribution in [-0.2, 0) is 9.59 Å². The van der Waals surface area contributed by atoms with Crippen LogP contribution < -0.4 is 5.32 Å². The highest BCUT2D eigenvalue weighted by atomic mass is 16.3. The van der Waals surface area contributed by atoms with Gasteiger partial charge in [-0.3, -0.25) is 9.59 Å². The van der Waals surface area contributed by atoms with E-state index in [1.165, 1.54) is 12.8 Å². The Morgan fingerprint density at radius 3 is 2.85 bits per heavy atom. The molecule has 6 nitrogen and oxygen atoms in total. The Kier molecular flexibility index (Phi) is 5.37. The van der Waals surface area contributed by atoms with Gasteiger partial charge in [0.2, 0.25) is 11.8 Å². The van der Waals surface area contributed by atoms with Crippen molar-refractivity contribution < 1.29 is 14.7 Å². The standard InChI is InChI=1S/C14H25N3O3/c1-2-16(7-8-18)13(19)9-12-14(20)17(6-5-15-12)10-11-3-4-11/h11-12,15,18H,2-10H2,1H3. The third kappa shape index (κ3) is 3.93. The second kappa shape index (κ2) is 7.04. The number of aliphatic hydroxyl groups excluding tert-OH is 1. The molecule has 0 aromatic carbocycles. The summed E-state index contributed by atoms with van der Waals surface area (Å²) in [5.41, 5.74) is 0. The van der Waals surface area contributed by atoms with E-state index in [0.29, 0.717) is 19.0 Å². The molecule has 0 aromatic heterocycles. The minimum atomic E-state index is -0.400. The molecule has 1 aliphatic carbocycles. The van der Waals surface area contributed by atoms with Crippen LogP contribution in [0.5, 0.6) is 0 Å². The lowest BCUT2D eigenvalue weighted by Crippen LogP contribution is -2.56. The summed E-state index contributed by atoms with van der Waals surface area (Å²) in [7, 11) is 0. The van der Waals surface area contributed by atoms with Gasteiger partial charge in [-0.15, -0.1) is 0 Å². The molecule has 2 N–H and O–H groups in total. The summed E-state index contributed by atoms with van der Waals surface area (Å²) in [6.45, 7) is 5.08. The number of likely N-dealkylation sites (N-methyl/N-ethyl adjacent to an activating group) is 1. The first-order chi connectivity index (χ1) is 9.65. The molecule has 114 valence electrons. The zero-order chi connectivity index (χ0) is 14.5. The van der Waals surface area contributed by atoms with E-state index in [4.69, 9.17) is 5.11 Å². The summed E-state index contributed by atoms with van der Waals surface area (Å²) < 4.78 is 0. The molecule has 0 spiro atoms. The van der Waals surface area contributed by atoms with E-state index in [0.717, 1.165) is 19.6 Å². The Labute approximate surface area is 120 Å². The lowest BCUT2D eigenvalue weighted by atomic mass is 10.1. The number of nitrogens with one attached hydrogen (secondary N) is 1. The Hall–Kier alpha value is -1.14. The zero-order valence-electron chi connectivity index (χ0n) is 12.2. The topological polar surface area (TPSA) is 72.9 Å². The molecule has 1 aliphatic heterocycles. The van der Waals surface area contributed by atoms with Crippen molar-refractivity contribution in [3.8, 4) is 0 Å². The Bertz CT molecular complexity index is 358. The van der Waals surface area contributed by atoms with Crippen molar-refractivity contribution in [2.75, 3.05) is 39.3 Å². The van der Waals surface area contributed by atoms with Crippen molar-refractivity contribution >= 4 is 11.8 Å². The molecule has 1 heterocycles. The Morgan fingerprint density at radius 1 is 1.50 bits per heavy atom. The number of rotatable bonds is 7. The maximum absolute atomic E-state index is 12.3. The smallest absolute Gasteiger partial charge is 0.240 e. The van der Waals surface area contributed by atoms with Crippen molar-refractivity contribution in [1.29, 1.82) is 0 Å². The molecule has 2 amide bonds. The lowest BCUT2D eigenvalue weighted by Gasteiger charge is -2.34. The SMILES string of the molecule is CCN(CCO)C(=O)CC1NCCN(CC2CC2)C1=O. The van der Waals surface area contributed by atoms with Gasteiger partial charge in [-0.05, 0) is 25.7 Å². The molecule has 2 rings (SSSR count). The van der Waals surface area contributed by atoms with Gasteiger partial charge in [0.05, 0.1) is 19.1 Å². The van der Waals surface area contributed by atoms with Crippen molar-refractivity contribution in [3.05, 3.63) is 0 Å². The number of carbonyl (C=O) groups excluding carboxylic acids is 2. The fourth-order valence-corrected chi connectivity index (χ4v) is 2.63. The molecule has 0 aromatic rings. The molecule has 20 heavy (non-hydrogen) atoms. The van der Waals surface area contributed by atoms with Gasteiger partial charge in [0.1, 0.15) is 0 Å². The summed E-state index contributed by atoms with van der Waals surface area (Å²) in [6, 6.07) is -0.400. The highest BCUT2D eigenvalue weighted by Gasteiger charge is 2.34. The summed E-state index contributed by atoms with van der Waals surface area (Å²) in [4.78, 5) is 27.9. The van der Waals surface area contributed by atoms with E-state index in [-0.39, 0.29) is 24.8 Å². The van der Waals surface area contributed by atoms with Gasteiger partial charge in [-0.2, -0.15) is 0 Å². The molecular weight excluding hydrogens is 258 g/mol. The number of carbonyl (C=O) groups is 2. The third-order valence-corrected chi connectivity index (χ3v) is 4.04. The molecule has 1 saturated carbocycles. The largest absolute Gasteiger partial charge is 0.395 e. The van der Waals surface area contributed by atoms with Gasteiger partial charge in [0.15, 0.2) is 0 Å². The first-order valence-corrected chi connectivity index (χ1v) is 7.56. The molecule has 0 radical (unpaired) electrons. The monoisotopic (exact) mass is 283 g/mol. The average Bonchev–Trinajstić information content (AvgIpc) is 3.24. The fourth-order valence-electron chi connectivity index (χ4n) is 2.63. The first kappa shape index (κ1) is 15.3. The average molecular weight is 283 g/mol. The van der Waals surface area contributed by atoms with Crippen LogP contribution in [0.4, 0.5) is 0 Å². The maximum atomic E-state index is 12.3. The highest BCUT2D eigenvalue weighted by molar-refractivity contribution is 5.89. The van der Waals surface area contributed by atoms with Crippen LogP contribution in [0.2, 0.25) is 0 Å². The van der Waals surface area contributed by atoms with Gasteiger partial charge in [-0.1, -0.05) is 0 Å². The highest BCUT2D eigenvalue weighted by Crippen LogP contribution is 2.30. The van der Waals surface area contributed by atoms with Gasteiger partial charge >= 0.3 is 0 Å². The van der Waals surface area contributed by atoms with Crippen LogP contribution in [0.25, 0.3) is 0 Å². The summed E-state index contributed by atoms with van der Waals surface area (Å²) in [6.07, 6.45) is 2.63.